The average Bonchev–Trinajstić information content (AvgIpc) is 2.59. The second-order valence-electron chi connectivity index (χ2n) is 6.78. The fourth-order valence-corrected chi connectivity index (χ4v) is 2.99. The summed E-state index contributed by atoms with van der Waals surface area (Å²) in [4.78, 5) is 1.33. The van der Waals surface area contributed by atoms with Gasteiger partial charge in [-0.25, -0.2) is 0 Å². The number of nitrogens with one attached hydrogen (secondary N) is 1. The maximum absolute atomic E-state index is 6.13. The molecule has 0 bridgehead atoms. The van der Waals surface area contributed by atoms with Gasteiger partial charge in [-0.05, 0) is 63.4 Å². The Bertz CT molecular complexity index is 363. The Morgan fingerprint density at radius 3 is 2.33 bits per heavy atom. The Kier molecular flexibility index (Phi) is 5.69. The lowest BCUT2D eigenvalue weighted by Gasteiger charge is -2.28. The van der Waals surface area contributed by atoms with Gasteiger partial charge < -0.3 is 5.32 Å². The lowest BCUT2D eigenvalue weighted by molar-refractivity contribution is 0.285. The van der Waals surface area contributed by atoms with Gasteiger partial charge in [-0.1, -0.05) is 25.4 Å². The number of thiophene rings is 1. The minimum atomic E-state index is 0.215. The van der Waals surface area contributed by atoms with Crippen LogP contribution in [0.5, 0.6) is 0 Å². The van der Waals surface area contributed by atoms with Gasteiger partial charge >= 0.3 is 0 Å². The van der Waals surface area contributed by atoms with Crippen molar-refractivity contribution in [2.24, 2.45) is 5.41 Å². The Morgan fingerprint density at radius 2 is 1.83 bits per heavy atom. The van der Waals surface area contributed by atoms with E-state index in [1.165, 1.54) is 17.7 Å². The molecule has 1 N–H and O–H groups in total. The van der Waals surface area contributed by atoms with Crippen LogP contribution in [0.25, 0.3) is 0 Å². The summed E-state index contributed by atoms with van der Waals surface area (Å²) in [5.74, 6) is 0. The average molecular weight is 288 g/mol. The molecule has 0 aliphatic heterocycles. The summed E-state index contributed by atoms with van der Waals surface area (Å²) in [5, 5.41) is 6.57. The zero-order chi connectivity index (χ0) is 13.8. The molecule has 0 fully saturated rings. The number of hydrogen-bond donors (Lipinski definition) is 1. The van der Waals surface area contributed by atoms with Crippen molar-refractivity contribution in [3.05, 3.63) is 21.3 Å². The fraction of sp³-hybridized carbons (Fsp3) is 0.733. The summed E-state index contributed by atoms with van der Waals surface area (Å²) in [7, 11) is 0. The first-order chi connectivity index (χ1) is 8.20. The lowest BCUT2D eigenvalue weighted by atomic mass is 9.84. The monoisotopic (exact) mass is 287 g/mol. The molecule has 0 atom stereocenters. The van der Waals surface area contributed by atoms with E-state index in [1.54, 1.807) is 11.3 Å². The quantitative estimate of drug-likeness (QED) is 0.764. The van der Waals surface area contributed by atoms with Crippen LogP contribution < -0.4 is 5.32 Å². The maximum Gasteiger partial charge on any atom is 0.0544 e. The standard InChI is InChI=1S/C15H26ClNS/c1-14(2,3)17-10-9-15(4,5)8-6-13-12(16)7-11-18-13/h7,11,17H,6,8-10H2,1-5H3. The smallest absolute Gasteiger partial charge is 0.0544 e. The molecule has 0 radical (unpaired) electrons. The van der Waals surface area contributed by atoms with Crippen LogP contribution >= 0.6 is 22.9 Å². The minimum Gasteiger partial charge on any atom is -0.312 e. The number of aryl methyl sites for hydroxylation is 1. The van der Waals surface area contributed by atoms with E-state index in [1.807, 2.05) is 6.07 Å². The highest BCUT2D eigenvalue weighted by atomic mass is 35.5. The van der Waals surface area contributed by atoms with Crippen LogP contribution in [0.2, 0.25) is 5.02 Å². The van der Waals surface area contributed by atoms with E-state index in [2.05, 4.69) is 45.3 Å². The third kappa shape index (κ3) is 6.21. The molecule has 0 aliphatic rings. The predicted molar refractivity (Wildman–Crippen MR) is 83.8 cm³/mol. The SMILES string of the molecule is CC(C)(CCNC(C)(C)C)CCc1sccc1Cl. The fourth-order valence-electron chi connectivity index (χ4n) is 1.86. The second kappa shape index (κ2) is 6.40. The van der Waals surface area contributed by atoms with Crippen molar-refractivity contribution in [3.8, 4) is 0 Å². The van der Waals surface area contributed by atoms with Gasteiger partial charge in [0.2, 0.25) is 0 Å². The molecule has 18 heavy (non-hydrogen) atoms. The van der Waals surface area contributed by atoms with Crippen molar-refractivity contribution in [1.82, 2.24) is 5.32 Å². The number of halogens is 1. The van der Waals surface area contributed by atoms with E-state index in [4.69, 9.17) is 11.6 Å². The predicted octanol–water partition coefficient (Wildman–Crippen LogP) is 5.14. The van der Waals surface area contributed by atoms with Gasteiger partial charge in [0, 0.05) is 10.4 Å². The topological polar surface area (TPSA) is 12.0 Å². The highest BCUT2D eigenvalue weighted by Crippen LogP contribution is 2.30. The normalized spacial score (nSPS) is 13.0. The molecule has 1 aromatic heterocycles. The molecule has 0 aromatic carbocycles. The molecule has 104 valence electrons. The molecule has 1 rings (SSSR count). The molecule has 0 aliphatic carbocycles. The molecule has 0 amide bonds. The molecule has 3 heteroatoms. The van der Waals surface area contributed by atoms with Crippen LogP contribution in [0, 0.1) is 5.41 Å². The lowest BCUT2D eigenvalue weighted by Crippen LogP contribution is -2.38. The van der Waals surface area contributed by atoms with Crippen LogP contribution in [-0.2, 0) is 6.42 Å². The molecular weight excluding hydrogens is 262 g/mol. The Labute approximate surface area is 121 Å². The molecule has 1 aromatic rings. The minimum absolute atomic E-state index is 0.215. The highest BCUT2D eigenvalue weighted by molar-refractivity contribution is 7.10. The van der Waals surface area contributed by atoms with E-state index in [0.717, 1.165) is 18.0 Å². The van der Waals surface area contributed by atoms with Gasteiger partial charge in [0.15, 0.2) is 0 Å². The number of rotatable bonds is 6. The zero-order valence-corrected chi connectivity index (χ0v) is 13.8. The summed E-state index contributed by atoms with van der Waals surface area (Å²) < 4.78 is 0. The Hall–Kier alpha value is -0.0500. The van der Waals surface area contributed by atoms with Gasteiger partial charge in [0.05, 0.1) is 5.02 Å². The third-order valence-corrected chi connectivity index (χ3v) is 4.62. The maximum atomic E-state index is 6.13. The Morgan fingerprint density at radius 1 is 1.17 bits per heavy atom. The van der Waals surface area contributed by atoms with E-state index >= 15 is 0 Å². The summed E-state index contributed by atoms with van der Waals surface area (Å²) >= 11 is 7.90. The van der Waals surface area contributed by atoms with Crippen LogP contribution in [0.4, 0.5) is 0 Å². The van der Waals surface area contributed by atoms with E-state index in [-0.39, 0.29) is 5.54 Å². The molecule has 0 unspecified atom stereocenters. The summed E-state index contributed by atoms with van der Waals surface area (Å²) in [6.07, 6.45) is 3.49. The van der Waals surface area contributed by atoms with Crippen molar-refractivity contribution in [2.45, 2.75) is 59.4 Å². The van der Waals surface area contributed by atoms with Gasteiger partial charge in [0.1, 0.15) is 0 Å². The zero-order valence-electron chi connectivity index (χ0n) is 12.3. The first-order valence-electron chi connectivity index (χ1n) is 6.67. The van der Waals surface area contributed by atoms with Gasteiger partial charge in [-0.15, -0.1) is 11.3 Å². The van der Waals surface area contributed by atoms with Crippen LogP contribution in [0.3, 0.4) is 0 Å². The Balaban J connectivity index is 2.33. The molecular formula is C15H26ClNS. The molecule has 0 spiro atoms. The van der Waals surface area contributed by atoms with Gasteiger partial charge in [-0.2, -0.15) is 0 Å². The summed E-state index contributed by atoms with van der Waals surface area (Å²) in [6, 6.07) is 2.00. The van der Waals surface area contributed by atoms with Crippen molar-refractivity contribution in [3.63, 3.8) is 0 Å². The highest BCUT2D eigenvalue weighted by Gasteiger charge is 2.19. The van der Waals surface area contributed by atoms with Crippen LogP contribution in [-0.4, -0.2) is 12.1 Å². The van der Waals surface area contributed by atoms with Gasteiger partial charge in [-0.3, -0.25) is 0 Å². The number of hydrogen-bond acceptors (Lipinski definition) is 2. The van der Waals surface area contributed by atoms with E-state index < -0.39 is 0 Å². The van der Waals surface area contributed by atoms with Crippen LogP contribution in [0.15, 0.2) is 11.4 Å². The van der Waals surface area contributed by atoms with E-state index in [0.29, 0.717) is 5.41 Å². The summed E-state index contributed by atoms with van der Waals surface area (Å²) in [6.45, 7) is 12.4. The molecule has 0 saturated carbocycles. The largest absolute Gasteiger partial charge is 0.312 e. The second-order valence-corrected chi connectivity index (χ2v) is 8.19. The van der Waals surface area contributed by atoms with Crippen molar-refractivity contribution in [1.29, 1.82) is 0 Å². The van der Waals surface area contributed by atoms with E-state index in [9.17, 15) is 0 Å². The van der Waals surface area contributed by atoms with Crippen molar-refractivity contribution >= 4 is 22.9 Å². The first kappa shape index (κ1) is 16.0. The molecule has 1 heterocycles. The van der Waals surface area contributed by atoms with Crippen molar-refractivity contribution < 1.29 is 0 Å². The van der Waals surface area contributed by atoms with Crippen molar-refractivity contribution in [2.75, 3.05) is 6.54 Å². The van der Waals surface area contributed by atoms with Crippen LogP contribution in [0.1, 0.15) is 52.3 Å². The third-order valence-electron chi connectivity index (χ3n) is 3.18. The summed E-state index contributed by atoms with van der Waals surface area (Å²) in [5.41, 5.74) is 0.582. The molecule has 1 nitrogen and oxygen atoms in total. The molecule has 0 saturated heterocycles. The first-order valence-corrected chi connectivity index (χ1v) is 7.92. The van der Waals surface area contributed by atoms with Gasteiger partial charge in [0.25, 0.3) is 0 Å².